The molecule has 0 radical (unpaired) electrons. The predicted octanol–water partition coefficient (Wildman–Crippen LogP) is 3.01. The molecule has 0 unspecified atom stereocenters. The van der Waals surface area contributed by atoms with Crippen molar-refractivity contribution in [1.82, 2.24) is 0 Å². The van der Waals surface area contributed by atoms with E-state index in [4.69, 9.17) is 4.74 Å². The molecule has 2 rings (SSSR count). The summed E-state index contributed by atoms with van der Waals surface area (Å²) in [6.45, 7) is 0. The molecule has 0 bridgehead atoms. The van der Waals surface area contributed by atoms with Crippen molar-refractivity contribution in [3.05, 3.63) is 0 Å². The number of thioether (sulfide) groups is 1. The van der Waals surface area contributed by atoms with Crippen LogP contribution < -0.4 is 0 Å². The normalized spacial score (nSPS) is 24.1. The van der Waals surface area contributed by atoms with Gasteiger partial charge in [-0.15, -0.1) is 0 Å². The van der Waals surface area contributed by atoms with Gasteiger partial charge < -0.3 is 4.74 Å². The number of ether oxygens (including phenoxy) is 1. The molecule has 2 nitrogen and oxygen atoms in total. The first-order valence-electron chi connectivity index (χ1n) is 5.93. The summed E-state index contributed by atoms with van der Waals surface area (Å²) in [6, 6.07) is 0. The largest absolute Gasteiger partial charge is 0.469 e. The van der Waals surface area contributed by atoms with E-state index in [-0.39, 0.29) is 5.97 Å². The second kappa shape index (κ2) is 4.77. The Kier molecular flexibility index (Phi) is 3.60. The fraction of sp³-hybridized carbons (Fsp3) is 0.917. The van der Waals surface area contributed by atoms with Gasteiger partial charge in [0, 0.05) is 5.25 Å². The van der Waals surface area contributed by atoms with Gasteiger partial charge in [0.1, 0.15) is 0 Å². The summed E-state index contributed by atoms with van der Waals surface area (Å²) in [5.41, 5.74) is 0.320. The summed E-state index contributed by atoms with van der Waals surface area (Å²) >= 11 is 2.10. The van der Waals surface area contributed by atoms with Gasteiger partial charge in [-0.2, -0.15) is 11.8 Å². The number of hydrogen-bond donors (Lipinski definition) is 0. The van der Waals surface area contributed by atoms with Gasteiger partial charge in [-0.25, -0.2) is 0 Å². The third-order valence-corrected chi connectivity index (χ3v) is 5.35. The lowest BCUT2D eigenvalue weighted by molar-refractivity contribution is -0.141. The Morgan fingerprint density at radius 3 is 2.60 bits per heavy atom. The lowest BCUT2D eigenvalue weighted by Crippen LogP contribution is -2.14. The molecule has 2 fully saturated rings. The van der Waals surface area contributed by atoms with E-state index in [9.17, 15) is 4.79 Å². The minimum atomic E-state index is -0.0282. The lowest BCUT2D eigenvalue weighted by Gasteiger charge is -2.16. The van der Waals surface area contributed by atoms with Crippen molar-refractivity contribution in [1.29, 1.82) is 0 Å². The van der Waals surface area contributed by atoms with E-state index in [1.165, 1.54) is 51.4 Å². The summed E-state index contributed by atoms with van der Waals surface area (Å²) in [4.78, 5) is 11.2. The molecule has 15 heavy (non-hydrogen) atoms. The average molecular weight is 228 g/mol. The van der Waals surface area contributed by atoms with Crippen molar-refractivity contribution in [2.75, 3.05) is 12.9 Å². The number of carbonyl (C=O) groups is 1. The summed E-state index contributed by atoms with van der Waals surface area (Å²) in [5, 5.41) is 0.875. The second-order valence-electron chi connectivity index (χ2n) is 4.97. The van der Waals surface area contributed by atoms with E-state index < -0.39 is 0 Å². The Morgan fingerprint density at radius 2 is 2.07 bits per heavy atom. The van der Waals surface area contributed by atoms with Crippen LogP contribution in [0.2, 0.25) is 0 Å². The molecule has 0 aliphatic heterocycles. The van der Waals surface area contributed by atoms with Gasteiger partial charge in [0.25, 0.3) is 0 Å². The predicted molar refractivity (Wildman–Crippen MR) is 63.0 cm³/mol. The molecule has 0 aromatic carbocycles. The first-order valence-corrected chi connectivity index (χ1v) is 6.97. The molecule has 0 aromatic heterocycles. The minimum absolute atomic E-state index is 0.0282. The quantitative estimate of drug-likeness (QED) is 0.677. The molecule has 0 amide bonds. The highest BCUT2D eigenvalue weighted by Gasteiger charge is 2.44. The fourth-order valence-corrected chi connectivity index (χ4v) is 3.92. The Bertz CT molecular complexity index is 230. The number of rotatable bonds is 5. The molecule has 0 aromatic rings. The van der Waals surface area contributed by atoms with Gasteiger partial charge in [0.05, 0.1) is 13.5 Å². The van der Waals surface area contributed by atoms with E-state index in [2.05, 4.69) is 11.8 Å². The Labute approximate surface area is 96.1 Å². The van der Waals surface area contributed by atoms with Crippen LogP contribution >= 0.6 is 11.8 Å². The van der Waals surface area contributed by atoms with E-state index in [0.717, 1.165) is 5.25 Å². The van der Waals surface area contributed by atoms with Crippen LogP contribution in [0.25, 0.3) is 0 Å². The molecule has 0 N–H and O–H groups in total. The smallest absolute Gasteiger partial charge is 0.306 e. The Balaban J connectivity index is 1.71. The third kappa shape index (κ3) is 3.13. The van der Waals surface area contributed by atoms with Crippen LogP contribution in [-0.2, 0) is 9.53 Å². The molecule has 2 aliphatic rings. The first-order chi connectivity index (χ1) is 7.24. The number of methoxy groups -OCH3 is 1. The summed E-state index contributed by atoms with van der Waals surface area (Å²) < 4.78 is 4.75. The Hall–Kier alpha value is -0.180. The highest BCUT2D eigenvalue weighted by Crippen LogP contribution is 2.52. The molecular formula is C12H20O2S. The van der Waals surface area contributed by atoms with E-state index in [1.54, 1.807) is 0 Å². The number of esters is 1. The molecule has 86 valence electrons. The molecule has 0 heterocycles. The maximum Gasteiger partial charge on any atom is 0.306 e. The van der Waals surface area contributed by atoms with Crippen molar-refractivity contribution in [3.63, 3.8) is 0 Å². The van der Waals surface area contributed by atoms with Crippen LogP contribution in [0.15, 0.2) is 0 Å². The zero-order valence-electron chi connectivity index (χ0n) is 9.46. The van der Waals surface area contributed by atoms with Gasteiger partial charge in [0.2, 0.25) is 0 Å². The van der Waals surface area contributed by atoms with Crippen LogP contribution in [0.5, 0.6) is 0 Å². The minimum Gasteiger partial charge on any atom is -0.469 e. The molecule has 2 saturated carbocycles. The van der Waals surface area contributed by atoms with Crippen molar-refractivity contribution in [2.45, 2.75) is 50.2 Å². The summed E-state index contributed by atoms with van der Waals surface area (Å²) in [5.74, 6) is 1.15. The van der Waals surface area contributed by atoms with Crippen molar-refractivity contribution >= 4 is 17.7 Å². The summed E-state index contributed by atoms with van der Waals surface area (Å²) in [7, 11) is 1.49. The Morgan fingerprint density at radius 1 is 1.40 bits per heavy atom. The topological polar surface area (TPSA) is 26.3 Å². The standard InChI is InChI=1S/C12H20O2S/c1-14-11(13)8-12(6-7-12)9-15-10-4-2-3-5-10/h10H,2-9H2,1H3. The maximum absolute atomic E-state index is 11.2. The van der Waals surface area contributed by atoms with Gasteiger partial charge in [-0.05, 0) is 36.9 Å². The van der Waals surface area contributed by atoms with Crippen LogP contribution in [0.3, 0.4) is 0 Å². The first kappa shape index (κ1) is 11.3. The molecule has 0 spiro atoms. The number of carbonyl (C=O) groups excluding carboxylic acids is 1. The zero-order chi connectivity index (χ0) is 10.7. The van der Waals surface area contributed by atoms with Gasteiger partial charge in [0.15, 0.2) is 0 Å². The molecule has 0 atom stereocenters. The molecule has 3 heteroatoms. The summed E-state index contributed by atoms with van der Waals surface area (Å²) in [6.07, 6.45) is 8.67. The maximum atomic E-state index is 11.2. The molecule has 2 aliphatic carbocycles. The highest BCUT2D eigenvalue weighted by atomic mass is 32.2. The van der Waals surface area contributed by atoms with Gasteiger partial charge in [-0.1, -0.05) is 12.8 Å². The lowest BCUT2D eigenvalue weighted by atomic mass is 10.1. The van der Waals surface area contributed by atoms with Crippen LogP contribution in [-0.4, -0.2) is 24.1 Å². The van der Waals surface area contributed by atoms with Crippen molar-refractivity contribution < 1.29 is 9.53 Å². The van der Waals surface area contributed by atoms with Gasteiger partial charge >= 0.3 is 5.97 Å². The van der Waals surface area contributed by atoms with Crippen LogP contribution in [0.1, 0.15) is 44.9 Å². The van der Waals surface area contributed by atoms with Crippen LogP contribution in [0.4, 0.5) is 0 Å². The third-order valence-electron chi connectivity index (χ3n) is 3.63. The van der Waals surface area contributed by atoms with Crippen molar-refractivity contribution in [2.24, 2.45) is 5.41 Å². The SMILES string of the molecule is COC(=O)CC1(CSC2CCCC2)CC1. The number of hydrogen-bond acceptors (Lipinski definition) is 3. The molecular weight excluding hydrogens is 208 g/mol. The second-order valence-corrected chi connectivity index (χ2v) is 6.26. The van der Waals surface area contributed by atoms with E-state index in [0.29, 0.717) is 11.8 Å². The monoisotopic (exact) mass is 228 g/mol. The zero-order valence-corrected chi connectivity index (χ0v) is 10.3. The van der Waals surface area contributed by atoms with Crippen LogP contribution in [0, 0.1) is 5.41 Å². The fourth-order valence-electron chi connectivity index (χ4n) is 2.28. The van der Waals surface area contributed by atoms with Crippen molar-refractivity contribution in [3.8, 4) is 0 Å². The van der Waals surface area contributed by atoms with E-state index >= 15 is 0 Å². The molecule has 0 saturated heterocycles. The van der Waals surface area contributed by atoms with E-state index in [1.807, 2.05) is 0 Å². The highest BCUT2D eigenvalue weighted by molar-refractivity contribution is 7.99. The van der Waals surface area contributed by atoms with Gasteiger partial charge in [-0.3, -0.25) is 4.79 Å². The average Bonchev–Trinajstić information content (AvgIpc) is 2.81.